The molecule has 148 valence electrons. The van der Waals surface area contributed by atoms with Crippen LogP contribution in [0.3, 0.4) is 0 Å². The summed E-state index contributed by atoms with van der Waals surface area (Å²) < 4.78 is 10.8. The Morgan fingerprint density at radius 1 is 1.10 bits per heavy atom. The Hall–Kier alpha value is -2.99. The van der Waals surface area contributed by atoms with Gasteiger partial charge in [-0.25, -0.2) is 0 Å². The highest BCUT2D eigenvalue weighted by Gasteiger charge is 2.20. The van der Waals surface area contributed by atoms with Crippen LogP contribution in [0.4, 0.5) is 11.4 Å². The van der Waals surface area contributed by atoms with Gasteiger partial charge in [0.15, 0.2) is 11.5 Å². The van der Waals surface area contributed by atoms with Gasteiger partial charge in [-0.1, -0.05) is 18.2 Å². The predicted molar refractivity (Wildman–Crippen MR) is 115 cm³/mol. The summed E-state index contributed by atoms with van der Waals surface area (Å²) in [6.45, 7) is 2.12. The molecule has 6 heteroatoms. The minimum atomic E-state index is 0.0170. The summed E-state index contributed by atoms with van der Waals surface area (Å²) in [6.07, 6.45) is 2.13. The maximum absolute atomic E-state index is 12.6. The second-order valence-electron chi connectivity index (χ2n) is 7.29. The number of hydrogen-bond donors (Lipinski definition) is 1. The molecule has 2 aliphatic rings. The Bertz CT molecular complexity index is 1050. The van der Waals surface area contributed by atoms with Crippen LogP contribution in [-0.2, 0) is 24.2 Å². The predicted octanol–water partition coefficient (Wildman–Crippen LogP) is 4.61. The first-order valence-corrected chi connectivity index (χ1v) is 10.7. The summed E-state index contributed by atoms with van der Waals surface area (Å²) in [5.41, 5.74) is 4.42. The van der Waals surface area contributed by atoms with Gasteiger partial charge in [-0.15, -0.1) is 11.3 Å². The lowest BCUT2D eigenvalue weighted by atomic mass is 10.1. The van der Waals surface area contributed by atoms with Gasteiger partial charge >= 0.3 is 0 Å². The Morgan fingerprint density at radius 3 is 2.97 bits per heavy atom. The lowest BCUT2D eigenvalue weighted by Gasteiger charge is -2.30. The molecule has 0 atom stereocenters. The monoisotopic (exact) mass is 406 g/mol. The molecule has 1 aromatic heterocycles. The van der Waals surface area contributed by atoms with Crippen LogP contribution in [0.25, 0.3) is 0 Å². The number of hydrogen-bond acceptors (Lipinski definition) is 5. The molecule has 5 nitrogen and oxygen atoms in total. The van der Waals surface area contributed by atoms with Crippen molar-refractivity contribution in [3.63, 3.8) is 0 Å². The fourth-order valence-electron chi connectivity index (χ4n) is 3.88. The number of nitrogens with one attached hydrogen (secondary N) is 1. The van der Waals surface area contributed by atoms with E-state index in [2.05, 4.69) is 27.7 Å². The Kier molecular flexibility index (Phi) is 4.86. The molecule has 2 aromatic carbocycles. The fourth-order valence-corrected chi connectivity index (χ4v) is 4.77. The third-order valence-electron chi connectivity index (χ3n) is 5.40. The number of nitrogens with zero attached hydrogens (tertiary/aromatic N) is 1. The minimum absolute atomic E-state index is 0.0170. The van der Waals surface area contributed by atoms with Crippen molar-refractivity contribution in [3.05, 3.63) is 69.9 Å². The lowest BCUT2D eigenvalue weighted by molar-refractivity contribution is -0.116. The summed E-state index contributed by atoms with van der Waals surface area (Å²) in [4.78, 5) is 16.5. The van der Waals surface area contributed by atoms with Gasteiger partial charge in [-0.05, 0) is 59.7 Å². The van der Waals surface area contributed by atoms with E-state index in [9.17, 15) is 4.79 Å². The Labute approximate surface area is 173 Å². The summed E-state index contributed by atoms with van der Waals surface area (Å²) in [6, 6.07) is 16.1. The van der Waals surface area contributed by atoms with E-state index in [1.165, 1.54) is 10.4 Å². The average molecular weight is 407 g/mol. The zero-order chi connectivity index (χ0) is 19.6. The summed E-state index contributed by atoms with van der Waals surface area (Å²) in [5.74, 6) is 1.54. The maximum Gasteiger partial charge on any atom is 0.231 e. The number of aryl methyl sites for hydroxylation is 1. The fraction of sp³-hybridized carbons (Fsp3) is 0.261. The van der Waals surface area contributed by atoms with Gasteiger partial charge in [0.1, 0.15) is 0 Å². The van der Waals surface area contributed by atoms with E-state index in [0.717, 1.165) is 47.9 Å². The van der Waals surface area contributed by atoms with Crippen molar-refractivity contribution in [1.29, 1.82) is 0 Å². The molecule has 0 fully saturated rings. The molecule has 0 spiro atoms. The normalized spacial score (nSPS) is 14.6. The number of rotatable bonds is 5. The van der Waals surface area contributed by atoms with Crippen molar-refractivity contribution >= 4 is 28.6 Å². The van der Waals surface area contributed by atoms with Crippen LogP contribution in [0, 0.1) is 0 Å². The molecule has 0 unspecified atom stereocenters. The molecule has 0 saturated carbocycles. The van der Waals surface area contributed by atoms with Gasteiger partial charge in [0.25, 0.3) is 0 Å². The topological polar surface area (TPSA) is 50.8 Å². The summed E-state index contributed by atoms with van der Waals surface area (Å²) >= 11 is 1.84. The third kappa shape index (κ3) is 3.80. The van der Waals surface area contributed by atoms with E-state index in [1.807, 2.05) is 47.7 Å². The molecule has 2 aliphatic heterocycles. The number of carbonyl (C=O) groups is 1. The van der Waals surface area contributed by atoms with Crippen LogP contribution in [0.5, 0.6) is 11.5 Å². The first kappa shape index (κ1) is 18.1. The molecule has 0 aliphatic carbocycles. The number of amides is 1. The van der Waals surface area contributed by atoms with Gasteiger partial charge in [0.05, 0.1) is 11.4 Å². The lowest BCUT2D eigenvalue weighted by Crippen LogP contribution is -2.30. The minimum Gasteiger partial charge on any atom is -0.454 e. The van der Waals surface area contributed by atoms with Crippen molar-refractivity contribution in [2.45, 2.75) is 25.8 Å². The molecule has 29 heavy (non-hydrogen) atoms. The van der Waals surface area contributed by atoms with Gasteiger partial charge in [0, 0.05) is 24.4 Å². The molecule has 3 heterocycles. The maximum atomic E-state index is 12.6. The van der Waals surface area contributed by atoms with Crippen LogP contribution in [0.2, 0.25) is 0 Å². The number of fused-ring (bicyclic) bond motifs is 2. The molecule has 3 aromatic rings. The molecule has 1 amide bonds. The molecule has 5 rings (SSSR count). The van der Waals surface area contributed by atoms with Crippen molar-refractivity contribution < 1.29 is 14.3 Å². The number of anilines is 2. The molecule has 0 bridgehead atoms. The molecule has 1 N–H and O–H groups in total. The number of ether oxygens (including phenoxy) is 2. The summed E-state index contributed by atoms with van der Waals surface area (Å²) in [7, 11) is 0. The zero-order valence-corrected chi connectivity index (χ0v) is 16.8. The van der Waals surface area contributed by atoms with E-state index < -0.39 is 0 Å². The highest BCUT2D eigenvalue weighted by Crippen LogP contribution is 2.34. The quantitative estimate of drug-likeness (QED) is 0.672. The highest BCUT2D eigenvalue weighted by atomic mass is 32.1. The second-order valence-corrected chi connectivity index (χ2v) is 8.29. The Balaban J connectivity index is 1.24. The van der Waals surface area contributed by atoms with E-state index in [-0.39, 0.29) is 12.7 Å². The van der Waals surface area contributed by atoms with Crippen LogP contribution in [-0.4, -0.2) is 19.2 Å². The van der Waals surface area contributed by atoms with Crippen LogP contribution in [0.15, 0.2) is 53.9 Å². The average Bonchev–Trinajstić information content (AvgIpc) is 3.41. The smallest absolute Gasteiger partial charge is 0.231 e. The molecule has 0 saturated heterocycles. The molecular formula is C23H22N2O3S. The van der Waals surface area contributed by atoms with E-state index in [1.54, 1.807) is 0 Å². The van der Waals surface area contributed by atoms with Gasteiger partial charge in [-0.3, -0.25) is 4.79 Å². The number of benzene rings is 2. The van der Waals surface area contributed by atoms with Crippen molar-refractivity contribution in [1.82, 2.24) is 0 Å². The molecule has 0 radical (unpaired) electrons. The zero-order valence-electron chi connectivity index (χ0n) is 16.0. The first-order valence-electron chi connectivity index (χ1n) is 9.84. The van der Waals surface area contributed by atoms with Crippen LogP contribution < -0.4 is 19.7 Å². The first-order chi connectivity index (χ1) is 14.3. The van der Waals surface area contributed by atoms with Crippen LogP contribution in [0.1, 0.15) is 22.4 Å². The number of thiophene rings is 1. The molecular weight excluding hydrogens is 384 g/mol. The van der Waals surface area contributed by atoms with E-state index in [0.29, 0.717) is 12.8 Å². The summed E-state index contributed by atoms with van der Waals surface area (Å²) in [5, 5.41) is 5.28. The van der Waals surface area contributed by atoms with Crippen LogP contribution >= 0.6 is 11.3 Å². The number of carbonyl (C=O) groups excluding carboxylic acids is 1. The van der Waals surface area contributed by atoms with Crippen molar-refractivity contribution in [3.8, 4) is 11.5 Å². The van der Waals surface area contributed by atoms with Gasteiger partial charge in [0.2, 0.25) is 12.7 Å². The van der Waals surface area contributed by atoms with Gasteiger partial charge in [-0.2, -0.15) is 0 Å². The number of para-hydroxylation sites is 2. The highest BCUT2D eigenvalue weighted by molar-refractivity contribution is 7.10. The van der Waals surface area contributed by atoms with Crippen molar-refractivity contribution in [2.24, 2.45) is 0 Å². The third-order valence-corrected chi connectivity index (χ3v) is 6.43. The Morgan fingerprint density at radius 2 is 2.00 bits per heavy atom. The van der Waals surface area contributed by atoms with E-state index in [4.69, 9.17) is 9.47 Å². The largest absolute Gasteiger partial charge is 0.454 e. The van der Waals surface area contributed by atoms with E-state index >= 15 is 0 Å². The second kappa shape index (κ2) is 7.79. The van der Waals surface area contributed by atoms with Gasteiger partial charge < -0.3 is 19.7 Å². The SMILES string of the molecule is O=C(CCc1ccc2c(c1)OCO2)Nc1ccccc1N1CCc2sccc2C1. The standard InChI is InChI=1S/C23H22N2O3S/c26-23(8-6-16-5-7-20-21(13-16)28-15-27-20)24-18-3-1-2-4-19(18)25-11-9-22-17(14-25)10-12-29-22/h1-5,7,10,12-13H,6,8-9,11,14-15H2,(H,24,26). The van der Waals surface area contributed by atoms with Crippen molar-refractivity contribution in [2.75, 3.05) is 23.6 Å².